The molecule has 1 heterocycles. The summed E-state index contributed by atoms with van der Waals surface area (Å²) in [5, 5.41) is 3.87. The molecule has 0 aromatic rings. The van der Waals surface area contributed by atoms with Crippen LogP contribution in [-0.4, -0.2) is 36.0 Å². The molecule has 2 fully saturated rings. The Balaban J connectivity index is 1.71. The van der Waals surface area contributed by atoms with E-state index in [4.69, 9.17) is 0 Å². The van der Waals surface area contributed by atoms with Crippen LogP contribution in [-0.2, 0) is 4.79 Å². The second kappa shape index (κ2) is 7.62. The first-order chi connectivity index (χ1) is 9.95. The van der Waals surface area contributed by atoms with E-state index in [9.17, 15) is 4.79 Å². The summed E-state index contributed by atoms with van der Waals surface area (Å²) in [5.41, 5.74) is 0. The maximum Gasteiger partial charge on any atom is 0.222 e. The fourth-order valence-corrected chi connectivity index (χ4v) is 3.81. The molecule has 3 heteroatoms. The Morgan fingerprint density at radius 3 is 2.29 bits per heavy atom. The van der Waals surface area contributed by atoms with E-state index < -0.39 is 0 Å². The van der Waals surface area contributed by atoms with Crippen LogP contribution in [0.4, 0.5) is 0 Å². The summed E-state index contributed by atoms with van der Waals surface area (Å²) in [5.74, 6) is 2.56. The molecular formula is C18H34N2O. The van der Waals surface area contributed by atoms with Gasteiger partial charge in [0.15, 0.2) is 0 Å². The Hall–Kier alpha value is -0.570. The van der Waals surface area contributed by atoms with Gasteiger partial charge in [0.2, 0.25) is 5.91 Å². The second-order valence-corrected chi connectivity index (χ2v) is 7.88. The predicted octanol–water partition coefficient (Wildman–Crippen LogP) is 3.44. The first-order valence-corrected chi connectivity index (χ1v) is 8.99. The standard InChI is InChI=1S/C18H34N2O/c1-13(2)11-18(21)20-9-7-16(8-10-20)19-17-6-5-14(3)15(4)12-17/h13-17,19H,5-12H2,1-4H3/t14-,15+,17+/m0/s1. The van der Waals surface area contributed by atoms with Gasteiger partial charge in [-0.15, -0.1) is 0 Å². The molecule has 1 saturated heterocycles. The molecule has 1 amide bonds. The van der Waals surface area contributed by atoms with Crippen LogP contribution < -0.4 is 5.32 Å². The lowest BCUT2D eigenvalue weighted by Crippen LogP contribution is -2.49. The van der Waals surface area contributed by atoms with Crippen molar-refractivity contribution < 1.29 is 4.79 Å². The number of nitrogens with one attached hydrogen (secondary N) is 1. The maximum absolute atomic E-state index is 12.1. The van der Waals surface area contributed by atoms with Gasteiger partial charge in [-0.2, -0.15) is 0 Å². The van der Waals surface area contributed by atoms with Gasteiger partial charge in [-0.25, -0.2) is 0 Å². The zero-order valence-corrected chi connectivity index (χ0v) is 14.4. The summed E-state index contributed by atoms with van der Waals surface area (Å²) in [4.78, 5) is 14.2. The zero-order valence-electron chi connectivity index (χ0n) is 14.4. The minimum absolute atomic E-state index is 0.351. The third kappa shape index (κ3) is 4.98. The lowest BCUT2D eigenvalue weighted by atomic mass is 9.79. The Labute approximate surface area is 130 Å². The van der Waals surface area contributed by atoms with Gasteiger partial charge in [0.1, 0.15) is 0 Å². The number of piperidine rings is 1. The second-order valence-electron chi connectivity index (χ2n) is 7.88. The van der Waals surface area contributed by atoms with Gasteiger partial charge < -0.3 is 10.2 Å². The van der Waals surface area contributed by atoms with E-state index >= 15 is 0 Å². The molecule has 1 aliphatic heterocycles. The van der Waals surface area contributed by atoms with Crippen LogP contribution in [0.1, 0.15) is 66.2 Å². The summed E-state index contributed by atoms with van der Waals surface area (Å²) in [7, 11) is 0. The highest BCUT2D eigenvalue weighted by Gasteiger charge is 2.28. The van der Waals surface area contributed by atoms with Crippen molar-refractivity contribution in [3.63, 3.8) is 0 Å². The van der Waals surface area contributed by atoms with E-state index in [-0.39, 0.29) is 0 Å². The van der Waals surface area contributed by atoms with Gasteiger partial charge in [-0.3, -0.25) is 4.79 Å². The molecule has 1 N–H and O–H groups in total. The molecule has 2 rings (SSSR count). The third-order valence-electron chi connectivity index (χ3n) is 5.50. The van der Waals surface area contributed by atoms with Crippen LogP contribution in [0.2, 0.25) is 0 Å². The number of hydrogen-bond acceptors (Lipinski definition) is 2. The van der Waals surface area contributed by atoms with E-state index in [1.165, 1.54) is 19.3 Å². The number of carbonyl (C=O) groups excluding carboxylic acids is 1. The molecule has 0 spiro atoms. The van der Waals surface area contributed by atoms with Crippen LogP contribution in [0.5, 0.6) is 0 Å². The average molecular weight is 294 g/mol. The van der Waals surface area contributed by atoms with E-state index in [1.807, 2.05) is 0 Å². The van der Waals surface area contributed by atoms with E-state index in [0.717, 1.165) is 37.8 Å². The van der Waals surface area contributed by atoms with Gasteiger partial charge in [0.05, 0.1) is 0 Å². The van der Waals surface area contributed by atoms with E-state index in [2.05, 4.69) is 37.9 Å². The zero-order chi connectivity index (χ0) is 15.4. The largest absolute Gasteiger partial charge is 0.343 e. The fourth-order valence-electron chi connectivity index (χ4n) is 3.81. The summed E-state index contributed by atoms with van der Waals surface area (Å²) in [6, 6.07) is 1.33. The van der Waals surface area contributed by atoms with Crippen molar-refractivity contribution in [3.05, 3.63) is 0 Å². The number of hydrogen-bond donors (Lipinski definition) is 1. The lowest BCUT2D eigenvalue weighted by Gasteiger charge is -2.38. The van der Waals surface area contributed by atoms with Crippen molar-refractivity contribution in [1.29, 1.82) is 0 Å². The normalized spacial score (nSPS) is 31.7. The SMILES string of the molecule is CC(C)CC(=O)N1CCC(N[C@@H]2CC[C@H](C)[C@H](C)C2)CC1. The van der Waals surface area contributed by atoms with Gasteiger partial charge in [0, 0.05) is 31.6 Å². The van der Waals surface area contributed by atoms with Crippen LogP contribution >= 0.6 is 0 Å². The van der Waals surface area contributed by atoms with Crippen molar-refractivity contribution >= 4 is 5.91 Å². The third-order valence-corrected chi connectivity index (χ3v) is 5.50. The summed E-state index contributed by atoms with van der Waals surface area (Å²) >= 11 is 0. The number of nitrogens with zero attached hydrogens (tertiary/aromatic N) is 1. The molecule has 21 heavy (non-hydrogen) atoms. The van der Waals surface area contributed by atoms with E-state index in [1.54, 1.807) is 0 Å². The topological polar surface area (TPSA) is 32.3 Å². The van der Waals surface area contributed by atoms with E-state index in [0.29, 0.717) is 30.3 Å². The minimum atomic E-state index is 0.351. The predicted molar refractivity (Wildman–Crippen MR) is 88.2 cm³/mol. The molecule has 0 radical (unpaired) electrons. The Morgan fingerprint density at radius 2 is 1.71 bits per heavy atom. The van der Waals surface area contributed by atoms with Gasteiger partial charge in [-0.1, -0.05) is 27.7 Å². The smallest absolute Gasteiger partial charge is 0.222 e. The number of carbonyl (C=O) groups is 1. The Bertz CT molecular complexity index is 334. The summed E-state index contributed by atoms with van der Waals surface area (Å²) < 4.78 is 0. The highest BCUT2D eigenvalue weighted by atomic mass is 16.2. The molecule has 1 saturated carbocycles. The first-order valence-electron chi connectivity index (χ1n) is 8.99. The summed E-state index contributed by atoms with van der Waals surface area (Å²) in [6.07, 6.45) is 6.99. The first kappa shape index (κ1) is 16.8. The lowest BCUT2D eigenvalue weighted by molar-refractivity contribution is -0.133. The molecule has 0 aromatic carbocycles. The quantitative estimate of drug-likeness (QED) is 0.861. The van der Waals surface area contributed by atoms with Crippen molar-refractivity contribution in [2.45, 2.75) is 78.3 Å². The Morgan fingerprint density at radius 1 is 1.05 bits per heavy atom. The molecule has 122 valence electrons. The molecule has 2 aliphatic rings. The van der Waals surface area contributed by atoms with Crippen molar-refractivity contribution in [3.8, 4) is 0 Å². The Kier molecular flexibility index (Phi) is 6.09. The molecular weight excluding hydrogens is 260 g/mol. The molecule has 3 nitrogen and oxygen atoms in total. The fraction of sp³-hybridized carbons (Fsp3) is 0.944. The van der Waals surface area contributed by atoms with Crippen molar-refractivity contribution in [1.82, 2.24) is 10.2 Å². The molecule has 0 aromatic heterocycles. The van der Waals surface area contributed by atoms with Crippen molar-refractivity contribution in [2.24, 2.45) is 17.8 Å². The monoisotopic (exact) mass is 294 g/mol. The van der Waals surface area contributed by atoms with Crippen LogP contribution in [0.15, 0.2) is 0 Å². The number of likely N-dealkylation sites (tertiary alicyclic amines) is 1. The summed E-state index contributed by atoms with van der Waals surface area (Å²) in [6.45, 7) is 10.9. The molecule has 3 atom stereocenters. The molecule has 0 unspecified atom stereocenters. The van der Waals surface area contributed by atoms with Crippen LogP contribution in [0.3, 0.4) is 0 Å². The highest BCUT2D eigenvalue weighted by Crippen LogP contribution is 2.30. The highest BCUT2D eigenvalue weighted by molar-refractivity contribution is 5.76. The average Bonchev–Trinajstić information content (AvgIpc) is 2.43. The molecule has 0 bridgehead atoms. The number of rotatable bonds is 4. The maximum atomic E-state index is 12.1. The van der Waals surface area contributed by atoms with Gasteiger partial charge in [0.25, 0.3) is 0 Å². The number of amides is 1. The van der Waals surface area contributed by atoms with Crippen LogP contribution in [0, 0.1) is 17.8 Å². The minimum Gasteiger partial charge on any atom is -0.343 e. The van der Waals surface area contributed by atoms with Crippen LogP contribution in [0.25, 0.3) is 0 Å². The van der Waals surface area contributed by atoms with Gasteiger partial charge >= 0.3 is 0 Å². The van der Waals surface area contributed by atoms with Crippen molar-refractivity contribution in [2.75, 3.05) is 13.1 Å². The van der Waals surface area contributed by atoms with Gasteiger partial charge in [-0.05, 0) is 49.9 Å². The molecule has 1 aliphatic carbocycles.